The topological polar surface area (TPSA) is 48.9 Å². The van der Waals surface area contributed by atoms with Crippen molar-refractivity contribution in [2.45, 2.75) is 39.5 Å². The van der Waals surface area contributed by atoms with Crippen molar-refractivity contribution >= 4 is 29.9 Å². The van der Waals surface area contributed by atoms with Gasteiger partial charge in [0.1, 0.15) is 5.75 Å². The lowest BCUT2D eigenvalue weighted by molar-refractivity contribution is 0.188. The van der Waals surface area contributed by atoms with Gasteiger partial charge in [0.15, 0.2) is 5.96 Å². The first-order valence-electron chi connectivity index (χ1n) is 10.1. The standard InChI is InChI=1S/C21H36N4O.HI/c1-4-22-21(23-14-10-18-6-8-20(26-3)9-7-18)24-15-11-19-12-16-25(5-2)17-13-19;/h6-9,19H,4-5,10-17H2,1-3H3,(H2,22,23,24);1H. The third-order valence-electron chi connectivity index (χ3n) is 5.17. The first kappa shape index (κ1) is 24.0. The van der Waals surface area contributed by atoms with E-state index >= 15 is 0 Å². The maximum atomic E-state index is 5.20. The minimum absolute atomic E-state index is 0. The van der Waals surface area contributed by atoms with Crippen molar-refractivity contribution in [2.75, 3.05) is 46.4 Å². The number of guanidine groups is 1. The van der Waals surface area contributed by atoms with Crippen LogP contribution < -0.4 is 15.4 Å². The molecule has 1 heterocycles. The molecule has 6 heteroatoms. The second kappa shape index (κ2) is 14.0. The highest BCUT2D eigenvalue weighted by atomic mass is 127. The second-order valence-corrected chi connectivity index (χ2v) is 6.95. The van der Waals surface area contributed by atoms with E-state index in [1.807, 2.05) is 12.1 Å². The average molecular weight is 488 g/mol. The molecule has 0 radical (unpaired) electrons. The third kappa shape index (κ3) is 9.14. The normalized spacial score (nSPS) is 15.9. The van der Waals surface area contributed by atoms with E-state index in [4.69, 9.17) is 9.73 Å². The largest absolute Gasteiger partial charge is 0.497 e. The summed E-state index contributed by atoms with van der Waals surface area (Å²) in [6.45, 7) is 10.8. The van der Waals surface area contributed by atoms with Gasteiger partial charge in [-0.3, -0.25) is 4.99 Å². The molecule has 1 aromatic carbocycles. The van der Waals surface area contributed by atoms with Crippen LogP contribution in [0, 0.1) is 5.92 Å². The van der Waals surface area contributed by atoms with E-state index in [1.165, 1.54) is 44.5 Å². The molecule has 1 aliphatic rings. The van der Waals surface area contributed by atoms with Crippen LogP contribution >= 0.6 is 24.0 Å². The van der Waals surface area contributed by atoms with Crippen LogP contribution in [-0.4, -0.2) is 57.2 Å². The molecule has 1 aromatic rings. The fourth-order valence-corrected chi connectivity index (χ4v) is 3.41. The van der Waals surface area contributed by atoms with Crippen LogP contribution in [-0.2, 0) is 6.42 Å². The minimum Gasteiger partial charge on any atom is -0.497 e. The van der Waals surface area contributed by atoms with Gasteiger partial charge in [-0.25, -0.2) is 0 Å². The summed E-state index contributed by atoms with van der Waals surface area (Å²) in [5.74, 6) is 2.68. The number of benzene rings is 1. The van der Waals surface area contributed by atoms with Crippen LogP contribution in [0.5, 0.6) is 5.75 Å². The summed E-state index contributed by atoms with van der Waals surface area (Å²) in [4.78, 5) is 7.31. The molecule has 0 atom stereocenters. The van der Waals surface area contributed by atoms with E-state index in [-0.39, 0.29) is 24.0 Å². The molecule has 5 nitrogen and oxygen atoms in total. The molecule has 154 valence electrons. The molecule has 1 aliphatic heterocycles. The van der Waals surface area contributed by atoms with E-state index in [0.717, 1.165) is 43.7 Å². The molecule has 0 spiro atoms. The zero-order chi connectivity index (χ0) is 18.6. The highest BCUT2D eigenvalue weighted by Gasteiger charge is 2.17. The van der Waals surface area contributed by atoms with Gasteiger partial charge < -0.3 is 20.3 Å². The lowest BCUT2D eigenvalue weighted by Crippen LogP contribution is -2.38. The number of ether oxygens (including phenoxy) is 1. The highest BCUT2D eigenvalue weighted by Crippen LogP contribution is 2.20. The maximum absolute atomic E-state index is 5.20. The second-order valence-electron chi connectivity index (χ2n) is 6.95. The van der Waals surface area contributed by atoms with Crippen LogP contribution in [0.3, 0.4) is 0 Å². The molecule has 0 aromatic heterocycles. The van der Waals surface area contributed by atoms with Crippen molar-refractivity contribution in [1.82, 2.24) is 15.5 Å². The number of hydrogen-bond donors (Lipinski definition) is 2. The van der Waals surface area contributed by atoms with E-state index in [9.17, 15) is 0 Å². The Morgan fingerprint density at radius 2 is 1.85 bits per heavy atom. The van der Waals surface area contributed by atoms with Crippen molar-refractivity contribution < 1.29 is 4.74 Å². The number of aliphatic imine (C=N–C) groups is 1. The summed E-state index contributed by atoms with van der Waals surface area (Å²) < 4.78 is 5.20. The molecule has 0 saturated carbocycles. The van der Waals surface area contributed by atoms with Gasteiger partial charge >= 0.3 is 0 Å². The predicted octanol–water partition coefficient (Wildman–Crippen LogP) is 3.53. The van der Waals surface area contributed by atoms with Crippen molar-refractivity contribution in [3.8, 4) is 5.75 Å². The van der Waals surface area contributed by atoms with Crippen LogP contribution in [0.15, 0.2) is 29.3 Å². The molecule has 1 saturated heterocycles. The number of rotatable bonds is 9. The Kier molecular flexibility index (Phi) is 12.5. The van der Waals surface area contributed by atoms with Crippen molar-refractivity contribution in [3.63, 3.8) is 0 Å². The Bertz CT molecular complexity index is 527. The Labute approximate surface area is 182 Å². The fraction of sp³-hybridized carbons (Fsp3) is 0.667. The van der Waals surface area contributed by atoms with Gasteiger partial charge in [0.25, 0.3) is 0 Å². The Morgan fingerprint density at radius 1 is 1.15 bits per heavy atom. The third-order valence-corrected chi connectivity index (χ3v) is 5.17. The van der Waals surface area contributed by atoms with Gasteiger partial charge in [-0.15, -0.1) is 24.0 Å². The molecular weight excluding hydrogens is 451 g/mol. The molecule has 0 aliphatic carbocycles. The van der Waals surface area contributed by atoms with E-state index in [0.29, 0.717) is 0 Å². The molecule has 0 amide bonds. The van der Waals surface area contributed by atoms with Crippen LogP contribution in [0.2, 0.25) is 0 Å². The molecule has 1 fully saturated rings. The van der Waals surface area contributed by atoms with E-state index in [2.05, 4.69) is 41.5 Å². The molecule has 2 rings (SSSR count). The summed E-state index contributed by atoms with van der Waals surface area (Å²) in [5, 5.41) is 6.80. The summed E-state index contributed by atoms with van der Waals surface area (Å²) >= 11 is 0. The van der Waals surface area contributed by atoms with Crippen LogP contribution in [0.4, 0.5) is 0 Å². The number of nitrogens with one attached hydrogen (secondary N) is 2. The monoisotopic (exact) mass is 488 g/mol. The molecule has 0 bridgehead atoms. The molecule has 27 heavy (non-hydrogen) atoms. The summed E-state index contributed by atoms with van der Waals surface area (Å²) in [7, 11) is 1.70. The molecule has 0 unspecified atom stereocenters. The lowest BCUT2D eigenvalue weighted by atomic mass is 9.94. The van der Waals surface area contributed by atoms with Crippen molar-refractivity contribution in [3.05, 3.63) is 29.8 Å². The minimum atomic E-state index is 0. The number of hydrogen-bond acceptors (Lipinski definition) is 3. The summed E-state index contributed by atoms with van der Waals surface area (Å²) in [6, 6.07) is 8.26. The van der Waals surface area contributed by atoms with Gasteiger partial charge in [-0.2, -0.15) is 0 Å². The molecular formula is C21H37IN4O. The first-order valence-corrected chi connectivity index (χ1v) is 10.1. The zero-order valence-corrected chi connectivity index (χ0v) is 19.5. The van der Waals surface area contributed by atoms with Crippen LogP contribution in [0.25, 0.3) is 0 Å². The summed E-state index contributed by atoms with van der Waals surface area (Å²) in [6.07, 6.45) is 4.83. The van der Waals surface area contributed by atoms with Crippen molar-refractivity contribution in [1.29, 1.82) is 0 Å². The summed E-state index contributed by atoms with van der Waals surface area (Å²) in [5.41, 5.74) is 1.30. The maximum Gasteiger partial charge on any atom is 0.191 e. The van der Waals surface area contributed by atoms with Crippen LogP contribution in [0.1, 0.15) is 38.7 Å². The highest BCUT2D eigenvalue weighted by molar-refractivity contribution is 14.0. The fourth-order valence-electron chi connectivity index (χ4n) is 3.41. The van der Waals surface area contributed by atoms with Gasteiger partial charge in [0.05, 0.1) is 7.11 Å². The lowest BCUT2D eigenvalue weighted by Gasteiger charge is -2.30. The van der Waals surface area contributed by atoms with Gasteiger partial charge in [-0.05, 0) is 75.9 Å². The number of nitrogens with zero attached hydrogens (tertiary/aromatic N) is 2. The Hall–Kier alpha value is -1.02. The first-order chi connectivity index (χ1) is 12.7. The van der Waals surface area contributed by atoms with Gasteiger partial charge in [-0.1, -0.05) is 19.1 Å². The Balaban J connectivity index is 0.00000364. The average Bonchev–Trinajstić information content (AvgIpc) is 2.69. The number of halogens is 1. The van der Waals surface area contributed by atoms with E-state index in [1.54, 1.807) is 7.11 Å². The number of piperidine rings is 1. The smallest absolute Gasteiger partial charge is 0.191 e. The molecule has 2 N–H and O–H groups in total. The van der Waals surface area contributed by atoms with Gasteiger partial charge in [0.2, 0.25) is 0 Å². The van der Waals surface area contributed by atoms with Crippen molar-refractivity contribution in [2.24, 2.45) is 10.9 Å². The quantitative estimate of drug-likeness (QED) is 0.317. The SMILES string of the molecule is CCNC(=NCCC1CCN(CC)CC1)NCCc1ccc(OC)cc1.I. The predicted molar refractivity (Wildman–Crippen MR) is 126 cm³/mol. The van der Waals surface area contributed by atoms with E-state index < -0.39 is 0 Å². The Morgan fingerprint density at radius 3 is 2.44 bits per heavy atom. The van der Waals surface area contributed by atoms with Gasteiger partial charge in [0, 0.05) is 19.6 Å². The number of methoxy groups -OCH3 is 1. The number of likely N-dealkylation sites (tertiary alicyclic amines) is 1. The zero-order valence-electron chi connectivity index (χ0n) is 17.2.